The van der Waals surface area contributed by atoms with Gasteiger partial charge in [0.15, 0.2) is 5.96 Å². The van der Waals surface area contributed by atoms with Crippen LogP contribution in [0.4, 0.5) is 0 Å². The van der Waals surface area contributed by atoms with Gasteiger partial charge in [-0.15, -0.1) is 24.0 Å². The van der Waals surface area contributed by atoms with Gasteiger partial charge in [-0.1, -0.05) is 18.2 Å². The van der Waals surface area contributed by atoms with Crippen molar-refractivity contribution in [3.63, 3.8) is 0 Å². The number of hydrogen-bond acceptors (Lipinski definition) is 3. The van der Waals surface area contributed by atoms with Crippen LogP contribution in [0, 0.1) is 5.92 Å². The van der Waals surface area contributed by atoms with Crippen LogP contribution in [0.1, 0.15) is 25.3 Å². The van der Waals surface area contributed by atoms with Gasteiger partial charge in [-0.05, 0) is 25.8 Å². The molecule has 140 valence electrons. The maximum absolute atomic E-state index is 11.6. The Labute approximate surface area is 167 Å². The zero-order valence-electron chi connectivity index (χ0n) is 15.2. The summed E-state index contributed by atoms with van der Waals surface area (Å²) in [5.74, 6) is 2.11. The van der Waals surface area contributed by atoms with E-state index in [1.54, 1.807) is 7.11 Å². The van der Waals surface area contributed by atoms with E-state index in [4.69, 9.17) is 4.74 Å². The molecule has 1 amide bonds. The van der Waals surface area contributed by atoms with Crippen LogP contribution in [0.3, 0.4) is 0 Å². The van der Waals surface area contributed by atoms with Gasteiger partial charge in [0.1, 0.15) is 5.75 Å². The summed E-state index contributed by atoms with van der Waals surface area (Å²) >= 11 is 0. The highest BCUT2D eigenvalue weighted by atomic mass is 127. The maximum atomic E-state index is 11.6. The molecule has 6 nitrogen and oxygen atoms in total. The average Bonchev–Trinajstić information content (AvgIpc) is 3.43. The molecule has 2 N–H and O–H groups in total. The Morgan fingerprint density at radius 2 is 2.04 bits per heavy atom. The van der Waals surface area contributed by atoms with Crippen molar-refractivity contribution in [1.29, 1.82) is 0 Å². The number of carbonyl (C=O) groups excluding carboxylic acids is 1. The number of hydrogen-bond donors (Lipinski definition) is 2. The highest BCUT2D eigenvalue weighted by Gasteiger charge is 2.28. The van der Waals surface area contributed by atoms with E-state index in [2.05, 4.69) is 26.6 Å². The number of benzene rings is 1. The Hall–Kier alpha value is -1.51. The van der Waals surface area contributed by atoms with Crippen LogP contribution in [0.25, 0.3) is 0 Å². The van der Waals surface area contributed by atoms with E-state index >= 15 is 0 Å². The molecule has 1 aliphatic rings. The van der Waals surface area contributed by atoms with Gasteiger partial charge >= 0.3 is 0 Å². The van der Waals surface area contributed by atoms with Crippen molar-refractivity contribution in [3.8, 4) is 5.75 Å². The molecule has 0 aromatic heterocycles. The lowest BCUT2D eigenvalue weighted by atomic mass is 10.2. The van der Waals surface area contributed by atoms with Crippen LogP contribution < -0.4 is 15.4 Å². The first kappa shape index (κ1) is 21.5. The molecule has 1 aromatic carbocycles. The lowest BCUT2D eigenvalue weighted by Gasteiger charge is -2.23. The van der Waals surface area contributed by atoms with Gasteiger partial charge in [0.05, 0.1) is 13.7 Å². The minimum Gasteiger partial charge on any atom is -0.496 e. The van der Waals surface area contributed by atoms with Crippen LogP contribution >= 0.6 is 24.0 Å². The summed E-state index contributed by atoms with van der Waals surface area (Å²) in [6.45, 7) is 4.68. The van der Waals surface area contributed by atoms with Gasteiger partial charge in [0, 0.05) is 38.2 Å². The van der Waals surface area contributed by atoms with Crippen molar-refractivity contribution in [2.24, 2.45) is 10.9 Å². The molecular weight excluding hydrogens is 431 g/mol. The Morgan fingerprint density at radius 1 is 1.32 bits per heavy atom. The summed E-state index contributed by atoms with van der Waals surface area (Å²) in [6, 6.07) is 7.97. The number of methoxy groups -OCH3 is 1. The maximum Gasteiger partial charge on any atom is 0.223 e. The van der Waals surface area contributed by atoms with Gasteiger partial charge in [-0.3, -0.25) is 9.79 Å². The highest BCUT2D eigenvalue weighted by molar-refractivity contribution is 14.0. The molecule has 0 unspecified atom stereocenters. The minimum atomic E-state index is 0. The predicted molar refractivity (Wildman–Crippen MR) is 112 cm³/mol. The topological polar surface area (TPSA) is 66.0 Å². The van der Waals surface area contributed by atoms with E-state index in [1.165, 1.54) is 0 Å². The molecule has 0 atom stereocenters. The summed E-state index contributed by atoms with van der Waals surface area (Å²) in [4.78, 5) is 18.3. The zero-order chi connectivity index (χ0) is 17.4. The number of nitrogens with one attached hydrogen (secondary N) is 2. The number of amides is 1. The van der Waals surface area contributed by atoms with Gasteiger partial charge < -0.3 is 20.3 Å². The molecule has 0 heterocycles. The molecule has 1 aromatic rings. The van der Waals surface area contributed by atoms with Gasteiger partial charge in [0.25, 0.3) is 0 Å². The molecule has 25 heavy (non-hydrogen) atoms. The second-order valence-corrected chi connectivity index (χ2v) is 5.97. The van der Waals surface area contributed by atoms with E-state index in [9.17, 15) is 4.79 Å². The second-order valence-electron chi connectivity index (χ2n) is 5.97. The third kappa shape index (κ3) is 7.09. The van der Waals surface area contributed by atoms with Gasteiger partial charge in [0.2, 0.25) is 5.91 Å². The van der Waals surface area contributed by atoms with Crippen LogP contribution in [0.2, 0.25) is 0 Å². The first-order valence-corrected chi connectivity index (χ1v) is 8.54. The van der Waals surface area contributed by atoms with Crippen molar-refractivity contribution in [2.45, 2.75) is 26.3 Å². The first-order valence-electron chi connectivity index (χ1n) is 8.54. The molecule has 2 rings (SSSR count). The molecule has 0 radical (unpaired) electrons. The number of aliphatic imine (C=N–C) groups is 1. The Balaban J connectivity index is 0.00000312. The molecule has 0 saturated heterocycles. The standard InChI is InChI=1S/C18H28N4O2.HI/c1-4-19-18(21-12-11-20-17(23)14-9-10-14)22(2)13-15-7-5-6-8-16(15)24-3;/h5-8,14H,4,9-13H2,1-3H3,(H,19,21)(H,20,23);1H. The summed E-state index contributed by atoms with van der Waals surface area (Å²) in [5, 5.41) is 6.22. The van der Waals surface area contributed by atoms with Crippen molar-refractivity contribution < 1.29 is 9.53 Å². The van der Waals surface area contributed by atoms with E-state index < -0.39 is 0 Å². The molecular formula is C18H29IN4O2. The third-order valence-electron chi connectivity index (χ3n) is 3.92. The average molecular weight is 460 g/mol. The van der Waals surface area contributed by atoms with Crippen molar-refractivity contribution in [1.82, 2.24) is 15.5 Å². The van der Waals surface area contributed by atoms with Crippen LogP contribution in [-0.4, -0.2) is 50.6 Å². The van der Waals surface area contributed by atoms with E-state index in [0.29, 0.717) is 19.6 Å². The Kier molecular flexibility index (Phi) is 9.62. The second kappa shape index (κ2) is 11.2. The fraction of sp³-hybridized carbons (Fsp3) is 0.556. The monoisotopic (exact) mass is 460 g/mol. The fourth-order valence-corrected chi connectivity index (χ4v) is 2.46. The molecule has 1 aliphatic carbocycles. The number of carbonyl (C=O) groups is 1. The summed E-state index contributed by atoms with van der Waals surface area (Å²) in [6.07, 6.45) is 2.05. The normalized spacial score (nSPS) is 13.6. The molecule has 0 aliphatic heterocycles. The Morgan fingerprint density at radius 3 is 2.68 bits per heavy atom. The summed E-state index contributed by atoms with van der Waals surface area (Å²) < 4.78 is 5.40. The number of halogens is 1. The van der Waals surface area contributed by atoms with Crippen molar-refractivity contribution >= 4 is 35.8 Å². The van der Waals surface area contributed by atoms with Crippen LogP contribution in [0.15, 0.2) is 29.3 Å². The smallest absolute Gasteiger partial charge is 0.223 e. The molecule has 1 saturated carbocycles. The number of nitrogens with zero attached hydrogens (tertiary/aromatic N) is 2. The number of guanidine groups is 1. The van der Waals surface area contributed by atoms with Crippen molar-refractivity contribution in [2.75, 3.05) is 33.8 Å². The minimum absolute atomic E-state index is 0. The number of para-hydroxylation sites is 1. The Bertz CT molecular complexity index is 576. The zero-order valence-corrected chi connectivity index (χ0v) is 17.6. The van der Waals surface area contributed by atoms with Gasteiger partial charge in [-0.2, -0.15) is 0 Å². The predicted octanol–water partition coefficient (Wildman–Crippen LogP) is 2.24. The van der Waals surface area contributed by atoms with Crippen LogP contribution in [-0.2, 0) is 11.3 Å². The van der Waals surface area contributed by atoms with E-state index in [1.807, 2.05) is 32.2 Å². The SMILES string of the molecule is CCNC(=NCCNC(=O)C1CC1)N(C)Cc1ccccc1OC.I. The van der Waals surface area contributed by atoms with E-state index in [-0.39, 0.29) is 35.8 Å². The molecule has 7 heteroatoms. The largest absolute Gasteiger partial charge is 0.496 e. The number of ether oxygens (including phenoxy) is 1. The lowest BCUT2D eigenvalue weighted by Crippen LogP contribution is -2.39. The van der Waals surface area contributed by atoms with E-state index in [0.717, 1.165) is 36.7 Å². The summed E-state index contributed by atoms with van der Waals surface area (Å²) in [7, 11) is 3.68. The van der Waals surface area contributed by atoms with Crippen LogP contribution in [0.5, 0.6) is 5.75 Å². The summed E-state index contributed by atoms with van der Waals surface area (Å²) in [5.41, 5.74) is 1.11. The molecule has 1 fully saturated rings. The molecule has 0 spiro atoms. The molecule has 0 bridgehead atoms. The number of rotatable bonds is 8. The third-order valence-corrected chi connectivity index (χ3v) is 3.92. The van der Waals surface area contributed by atoms with Crippen molar-refractivity contribution in [3.05, 3.63) is 29.8 Å². The van der Waals surface area contributed by atoms with Gasteiger partial charge in [-0.25, -0.2) is 0 Å². The fourth-order valence-electron chi connectivity index (χ4n) is 2.46. The quantitative estimate of drug-likeness (QED) is 0.270. The lowest BCUT2D eigenvalue weighted by molar-refractivity contribution is -0.122. The first-order chi connectivity index (χ1) is 11.7. The highest BCUT2D eigenvalue weighted by Crippen LogP contribution is 2.28.